The van der Waals surface area contributed by atoms with Crippen molar-refractivity contribution in [3.8, 4) is 5.88 Å². The fourth-order valence-corrected chi connectivity index (χ4v) is 2.29. The van der Waals surface area contributed by atoms with E-state index in [-0.39, 0.29) is 37.1 Å². The molecule has 8 nitrogen and oxygen atoms in total. The van der Waals surface area contributed by atoms with Crippen LogP contribution in [0.25, 0.3) is 0 Å². The smallest absolute Gasteiger partial charge is 0.421 e. The highest BCUT2D eigenvalue weighted by Crippen LogP contribution is 2.34. The molecule has 2 aromatic heterocycles. The second kappa shape index (κ2) is 11.7. The number of ether oxygens (including phenoxy) is 1. The van der Waals surface area contributed by atoms with Crippen molar-refractivity contribution < 1.29 is 17.9 Å². The van der Waals surface area contributed by atoms with E-state index >= 15 is 0 Å². The van der Waals surface area contributed by atoms with Crippen molar-refractivity contribution in [2.75, 3.05) is 26.7 Å². The topological polar surface area (TPSA) is 89.2 Å². The van der Waals surface area contributed by atoms with Gasteiger partial charge in [-0.05, 0) is 12.1 Å². The molecule has 0 aliphatic rings. The number of hydrogen-bond donors (Lipinski definition) is 2. The molecule has 0 saturated carbocycles. The maximum Gasteiger partial charge on any atom is 0.421 e. The van der Waals surface area contributed by atoms with Crippen LogP contribution in [-0.2, 0) is 19.1 Å². The number of guanidine groups is 1. The zero-order valence-corrected chi connectivity index (χ0v) is 17.9. The Bertz CT molecular complexity index is 752. The summed E-state index contributed by atoms with van der Waals surface area (Å²) in [6.07, 6.45) is -0.796. The number of hydrogen-bond acceptors (Lipinski definition) is 5. The summed E-state index contributed by atoms with van der Waals surface area (Å²) in [4.78, 5) is 7.70. The van der Waals surface area contributed by atoms with E-state index < -0.39 is 17.6 Å². The standard InChI is InChI=1S/C16H22F3N7O.HI/c1-3-13-25-24-11-26(13)9-7-22-15(20-2)23-8-10-27-14-12(16(17,18)19)5-4-6-21-14;/h4-6,11H,3,7-10H2,1-2H3,(H2,20,22,23);1H. The predicted octanol–water partition coefficient (Wildman–Crippen LogP) is 2.12. The van der Waals surface area contributed by atoms with Gasteiger partial charge < -0.3 is 19.9 Å². The van der Waals surface area contributed by atoms with Crippen molar-refractivity contribution in [2.45, 2.75) is 26.1 Å². The highest BCUT2D eigenvalue weighted by atomic mass is 127. The molecule has 0 amide bonds. The second-order valence-electron chi connectivity index (χ2n) is 5.42. The first-order valence-corrected chi connectivity index (χ1v) is 8.42. The van der Waals surface area contributed by atoms with E-state index in [0.29, 0.717) is 19.0 Å². The van der Waals surface area contributed by atoms with Gasteiger partial charge in [0.1, 0.15) is 24.3 Å². The molecular formula is C16H23F3IN7O. The molecule has 0 bridgehead atoms. The summed E-state index contributed by atoms with van der Waals surface area (Å²) in [7, 11) is 1.60. The molecule has 0 spiro atoms. The number of pyridine rings is 1. The van der Waals surface area contributed by atoms with Gasteiger partial charge in [0.2, 0.25) is 5.88 Å². The van der Waals surface area contributed by atoms with E-state index in [4.69, 9.17) is 4.74 Å². The number of nitrogens with zero attached hydrogens (tertiary/aromatic N) is 5. The minimum Gasteiger partial charge on any atom is -0.475 e. The average molecular weight is 513 g/mol. The first-order chi connectivity index (χ1) is 13.0. The summed E-state index contributed by atoms with van der Waals surface area (Å²) in [6.45, 7) is 3.52. The fraction of sp³-hybridized carbons (Fsp3) is 0.500. The Labute approximate surface area is 178 Å². The predicted molar refractivity (Wildman–Crippen MR) is 109 cm³/mol. The van der Waals surface area contributed by atoms with Crippen molar-refractivity contribution in [1.29, 1.82) is 0 Å². The largest absolute Gasteiger partial charge is 0.475 e. The van der Waals surface area contributed by atoms with Crippen LogP contribution in [-0.4, -0.2) is 52.5 Å². The van der Waals surface area contributed by atoms with Crippen molar-refractivity contribution >= 4 is 29.9 Å². The first-order valence-electron chi connectivity index (χ1n) is 8.42. The van der Waals surface area contributed by atoms with Gasteiger partial charge in [0, 0.05) is 32.8 Å². The van der Waals surface area contributed by atoms with Gasteiger partial charge in [-0.3, -0.25) is 4.99 Å². The number of aliphatic imine (C=N–C) groups is 1. The molecule has 0 radical (unpaired) electrons. The second-order valence-corrected chi connectivity index (χ2v) is 5.42. The van der Waals surface area contributed by atoms with E-state index in [1.165, 1.54) is 12.3 Å². The van der Waals surface area contributed by atoms with Gasteiger partial charge in [-0.25, -0.2) is 4.98 Å². The highest BCUT2D eigenvalue weighted by Gasteiger charge is 2.34. The summed E-state index contributed by atoms with van der Waals surface area (Å²) >= 11 is 0. The molecule has 2 N–H and O–H groups in total. The van der Waals surface area contributed by atoms with Crippen LogP contribution in [0.2, 0.25) is 0 Å². The lowest BCUT2D eigenvalue weighted by Crippen LogP contribution is -2.40. The van der Waals surface area contributed by atoms with Crippen LogP contribution in [0.1, 0.15) is 18.3 Å². The minimum absolute atomic E-state index is 0. The monoisotopic (exact) mass is 513 g/mol. The molecule has 0 fully saturated rings. The van der Waals surface area contributed by atoms with Crippen LogP contribution in [0.4, 0.5) is 13.2 Å². The summed E-state index contributed by atoms with van der Waals surface area (Å²) < 4.78 is 45.7. The summed E-state index contributed by atoms with van der Waals surface area (Å²) in [5.41, 5.74) is -0.895. The van der Waals surface area contributed by atoms with E-state index in [2.05, 4.69) is 30.8 Å². The number of aryl methyl sites for hydroxylation is 1. The third kappa shape index (κ3) is 7.13. The molecule has 0 aliphatic carbocycles. The van der Waals surface area contributed by atoms with Crippen LogP contribution in [0.3, 0.4) is 0 Å². The lowest BCUT2D eigenvalue weighted by molar-refractivity contribution is -0.139. The molecule has 12 heteroatoms. The Morgan fingerprint density at radius 2 is 2.04 bits per heavy atom. The Balaban J connectivity index is 0.00000392. The van der Waals surface area contributed by atoms with Gasteiger partial charge in [0.15, 0.2) is 5.96 Å². The van der Waals surface area contributed by atoms with Gasteiger partial charge in [-0.2, -0.15) is 13.2 Å². The lowest BCUT2D eigenvalue weighted by atomic mass is 10.2. The molecule has 2 rings (SSSR count). The van der Waals surface area contributed by atoms with E-state index in [0.717, 1.165) is 18.3 Å². The molecule has 2 aromatic rings. The van der Waals surface area contributed by atoms with Crippen molar-refractivity contribution in [3.63, 3.8) is 0 Å². The maximum atomic E-state index is 12.9. The number of alkyl halides is 3. The van der Waals surface area contributed by atoms with Gasteiger partial charge >= 0.3 is 6.18 Å². The molecule has 0 saturated heterocycles. The molecule has 28 heavy (non-hydrogen) atoms. The number of nitrogens with one attached hydrogen (secondary N) is 2. The van der Waals surface area contributed by atoms with Crippen LogP contribution < -0.4 is 15.4 Å². The number of halogens is 4. The molecule has 0 atom stereocenters. The molecule has 0 aromatic carbocycles. The van der Waals surface area contributed by atoms with Crippen LogP contribution in [0, 0.1) is 0 Å². The van der Waals surface area contributed by atoms with Gasteiger partial charge in [0.05, 0.1) is 6.54 Å². The van der Waals surface area contributed by atoms with Crippen molar-refractivity contribution in [1.82, 2.24) is 30.4 Å². The van der Waals surface area contributed by atoms with Crippen LogP contribution >= 0.6 is 24.0 Å². The first kappa shape index (κ1) is 23.9. The SMILES string of the molecule is CCc1nncn1CCNC(=NC)NCCOc1ncccc1C(F)(F)F.I. The maximum absolute atomic E-state index is 12.9. The Morgan fingerprint density at radius 1 is 1.29 bits per heavy atom. The number of rotatable bonds is 8. The average Bonchev–Trinajstić information content (AvgIpc) is 3.10. The van der Waals surface area contributed by atoms with Crippen LogP contribution in [0.15, 0.2) is 29.6 Å². The lowest BCUT2D eigenvalue weighted by Gasteiger charge is -2.14. The molecule has 156 valence electrons. The fourth-order valence-electron chi connectivity index (χ4n) is 2.29. The summed E-state index contributed by atoms with van der Waals surface area (Å²) in [5.74, 6) is 0.972. The minimum atomic E-state index is -4.51. The summed E-state index contributed by atoms with van der Waals surface area (Å²) in [6, 6.07) is 2.16. The van der Waals surface area contributed by atoms with Crippen molar-refractivity contribution in [3.05, 3.63) is 36.0 Å². The quantitative estimate of drug-likeness (QED) is 0.244. The van der Waals surface area contributed by atoms with E-state index in [1.54, 1.807) is 13.4 Å². The van der Waals surface area contributed by atoms with Gasteiger partial charge in [-0.15, -0.1) is 34.2 Å². The van der Waals surface area contributed by atoms with E-state index in [1.807, 2.05) is 11.5 Å². The number of aromatic nitrogens is 4. The molecule has 0 aliphatic heterocycles. The van der Waals surface area contributed by atoms with Gasteiger partial charge in [-0.1, -0.05) is 6.92 Å². The third-order valence-corrected chi connectivity index (χ3v) is 3.59. The molecule has 2 heterocycles. The Hall–Kier alpha value is -2.12. The normalized spacial score (nSPS) is 11.7. The zero-order valence-electron chi connectivity index (χ0n) is 15.5. The summed E-state index contributed by atoms with van der Waals surface area (Å²) in [5, 5.41) is 13.9. The van der Waals surface area contributed by atoms with Crippen LogP contribution in [0.5, 0.6) is 5.88 Å². The third-order valence-electron chi connectivity index (χ3n) is 3.59. The zero-order chi connectivity index (χ0) is 19.7. The molecular weight excluding hydrogens is 490 g/mol. The van der Waals surface area contributed by atoms with E-state index in [9.17, 15) is 13.2 Å². The van der Waals surface area contributed by atoms with Crippen molar-refractivity contribution in [2.24, 2.45) is 4.99 Å². The Morgan fingerprint density at radius 3 is 2.71 bits per heavy atom. The Kier molecular flexibility index (Phi) is 9.96. The highest BCUT2D eigenvalue weighted by molar-refractivity contribution is 14.0. The molecule has 0 unspecified atom stereocenters. The van der Waals surface area contributed by atoms with Gasteiger partial charge in [0.25, 0.3) is 0 Å².